The third-order valence-electron chi connectivity index (χ3n) is 2.31. The Bertz CT molecular complexity index is 637. The van der Waals surface area contributed by atoms with E-state index in [4.69, 9.17) is 16.3 Å². The zero-order chi connectivity index (χ0) is 13.7. The lowest BCUT2D eigenvalue weighted by Gasteiger charge is -2.01. The molecule has 7 heteroatoms. The van der Waals surface area contributed by atoms with Crippen molar-refractivity contribution in [2.75, 3.05) is 12.5 Å². The van der Waals surface area contributed by atoms with Crippen molar-refractivity contribution < 1.29 is 4.74 Å². The molecule has 0 aliphatic carbocycles. The SMILES string of the molecule is COc1ccc(/C=N\Nc2cn[nH]c(=O)c2Cl)cc1. The zero-order valence-electron chi connectivity index (χ0n) is 10.1. The first-order valence-corrected chi connectivity index (χ1v) is 5.75. The van der Waals surface area contributed by atoms with Gasteiger partial charge in [-0.05, 0) is 29.8 Å². The number of hydrazone groups is 1. The Morgan fingerprint density at radius 3 is 2.84 bits per heavy atom. The summed E-state index contributed by atoms with van der Waals surface area (Å²) >= 11 is 5.78. The highest BCUT2D eigenvalue weighted by atomic mass is 35.5. The van der Waals surface area contributed by atoms with Crippen LogP contribution in [0.3, 0.4) is 0 Å². The van der Waals surface area contributed by atoms with Gasteiger partial charge in [-0.25, -0.2) is 5.10 Å². The number of hydrogen-bond donors (Lipinski definition) is 2. The molecule has 2 N–H and O–H groups in total. The van der Waals surface area contributed by atoms with Gasteiger partial charge >= 0.3 is 0 Å². The van der Waals surface area contributed by atoms with Crippen LogP contribution in [0.5, 0.6) is 5.75 Å². The molecule has 0 radical (unpaired) electrons. The molecule has 0 spiro atoms. The topological polar surface area (TPSA) is 79.4 Å². The molecule has 0 amide bonds. The number of halogens is 1. The molecule has 6 nitrogen and oxygen atoms in total. The Labute approximate surface area is 114 Å². The van der Waals surface area contributed by atoms with Gasteiger partial charge in [0.15, 0.2) is 0 Å². The standard InChI is InChI=1S/C12H11ClN4O2/c1-19-9-4-2-8(3-5-9)6-14-16-10-7-15-17-12(18)11(10)13/h2-7H,1H3,(H2,16,17,18)/b14-6-. The lowest BCUT2D eigenvalue weighted by molar-refractivity contribution is 0.415. The molecule has 0 bridgehead atoms. The van der Waals surface area contributed by atoms with Crippen LogP contribution in [0.15, 0.2) is 40.4 Å². The number of hydrogen-bond acceptors (Lipinski definition) is 5. The maximum Gasteiger partial charge on any atom is 0.285 e. The smallest absolute Gasteiger partial charge is 0.285 e. The molecule has 1 aromatic carbocycles. The van der Waals surface area contributed by atoms with E-state index >= 15 is 0 Å². The third-order valence-corrected chi connectivity index (χ3v) is 2.69. The van der Waals surface area contributed by atoms with E-state index in [1.54, 1.807) is 13.3 Å². The highest BCUT2D eigenvalue weighted by molar-refractivity contribution is 6.32. The molecule has 2 rings (SSSR count). The second-order valence-corrected chi connectivity index (χ2v) is 3.95. The Morgan fingerprint density at radius 1 is 1.42 bits per heavy atom. The van der Waals surface area contributed by atoms with E-state index in [1.807, 2.05) is 24.3 Å². The largest absolute Gasteiger partial charge is 0.497 e. The van der Waals surface area contributed by atoms with E-state index < -0.39 is 5.56 Å². The molecule has 0 aliphatic rings. The number of aromatic nitrogens is 2. The molecule has 0 unspecified atom stereocenters. The van der Waals surface area contributed by atoms with Crippen LogP contribution in [-0.4, -0.2) is 23.5 Å². The van der Waals surface area contributed by atoms with E-state index in [1.165, 1.54) is 6.20 Å². The Hall–Kier alpha value is -2.34. The summed E-state index contributed by atoms with van der Waals surface area (Å²) in [5.74, 6) is 0.770. The number of nitrogens with zero attached hydrogens (tertiary/aromatic N) is 2. The van der Waals surface area contributed by atoms with Crippen LogP contribution in [0.2, 0.25) is 5.02 Å². The maximum atomic E-state index is 11.2. The number of rotatable bonds is 4. The van der Waals surface area contributed by atoms with Crippen molar-refractivity contribution in [1.29, 1.82) is 0 Å². The van der Waals surface area contributed by atoms with Crippen LogP contribution in [0.1, 0.15) is 5.56 Å². The molecule has 0 saturated carbocycles. The number of methoxy groups -OCH3 is 1. The molecule has 1 aromatic heterocycles. The average molecular weight is 279 g/mol. The monoisotopic (exact) mass is 278 g/mol. The molecule has 2 aromatic rings. The van der Waals surface area contributed by atoms with Gasteiger partial charge in [-0.2, -0.15) is 10.2 Å². The van der Waals surface area contributed by atoms with Crippen LogP contribution in [0.25, 0.3) is 0 Å². The molecule has 0 saturated heterocycles. The van der Waals surface area contributed by atoms with Crippen molar-refractivity contribution in [2.45, 2.75) is 0 Å². The van der Waals surface area contributed by atoms with Gasteiger partial charge in [0.25, 0.3) is 5.56 Å². The first-order valence-electron chi connectivity index (χ1n) is 5.37. The van der Waals surface area contributed by atoms with Gasteiger partial charge in [-0.3, -0.25) is 10.2 Å². The van der Waals surface area contributed by atoms with Gasteiger partial charge in [-0.15, -0.1) is 0 Å². The number of anilines is 1. The van der Waals surface area contributed by atoms with E-state index in [0.717, 1.165) is 11.3 Å². The summed E-state index contributed by atoms with van der Waals surface area (Å²) in [5, 5.41) is 9.83. The van der Waals surface area contributed by atoms with Gasteiger partial charge in [0.1, 0.15) is 16.5 Å². The summed E-state index contributed by atoms with van der Waals surface area (Å²) in [7, 11) is 1.60. The fraction of sp³-hybridized carbons (Fsp3) is 0.0833. The molecule has 0 fully saturated rings. The highest BCUT2D eigenvalue weighted by Gasteiger charge is 2.02. The Balaban J connectivity index is 2.07. The summed E-state index contributed by atoms with van der Waals surface area (Å²) in [5.41, 5.74) is 3.41. The number of nitrogens with one attached hydrogen (secondary N) is 2. The fourth-order valence-corrected chi connectivity index (χ4v) is 1.46. The van der Waals surface area contributed by atoms with E-state index in [-0.39, 0.29) is 5.02 Å². The first-order chi connectivity index (χ1) is 9.20. The van der Waals surface area contributed by atoms with Gasteiger partial charge in [0.2, 0.25) is 0 Å². The van der Waals surface area contributed by atoms with Gasteiger partial charge in [0.05, 0.1) is 19.5 Å². The number of ether oxygens (including phenoxy) is 1. The second-order valence-electron chi connectivity index (χ2n) is 3.57. The minimum Gasteiger partial charge on any atom is -0.497 e. The predicted octanol–water partition coefficient (Wildman–Crippen LogP) is 1.88. The van der Waals surface area contributed by atoms with Gasteiger partial charge in [-0.1, -0.05) is 11.6 Å². The van der Waals surface area contributed by atoms with Crippen molar-refractivity contribution in [3.63, 3.8) is 0 Å². The quantitative estimate of drug-likeness (QED) is 0.661. The van der Waals surface area contributed by atoms with Gasteiger partial charge in [0, 0.05) is 0 Å². The molecular weight excluding hydrogens is 268 g/mol. The number of aromatic amines is 1. The summed E-state index contributed by atoms with van der Waals surface area (Å²) in [6.07, 6.45) is 2.98. The Morgan fingerprint density at radius 2 is 2.16 bits per heavy atom. The first kappa shape index (κ1) is 13.1. The number of benzene rings is 1. The van der Waals surface area contributed by atoms with Crippen molar-refractivity contribution in [3.05, 3.63) is 51.4 Å². The van der Waals surface area contributed by atoms with Crippen molar-refractivity contribution in [1.82, 2.24) is 10.2 Å². The van der Waals surface area contributed by atoms with Crippen molar-refractivity contribution in [2.24, 2.45) is 5.10 Å². The normalized spacial score (nSPS) is 10.6. The van der Waals surface area contributed by atoms with E-state index in [2.05, 4.69) is 20.7 Å². The molecular formula is C12H11ClN4O2. The molecule has 0 aliphatic heterocycles. The fourth-order valence-electron chi connectivity index (χ4n) is 1.33. The van der Waals surface area contributed by atoms with Crippen LogP contribution in [-0.2, 0) is 0 Å². The van der Waals surface area contributed by atoms with Crippen LogP contribution in [0.4, 0.5) is 5.69 Å². The summed E-state index contributed by atoms with van der Waals surface area (Å²) in [4.78, 5) is 11.2. The van der Waals surface area contributed by atoms with Crippen LogP contribution >= 0.6 is 11.6 Å². The molecule has 1 heterocycles. The minimum atomic E-state index is -0.466. The third kappa shape index (κ3) is 3.32. The van der Waals surface area contributed by atoms with E-state index in [9.17, 15) is 4.79 Å². The second kappa shape index (κ2) is 6.01. The lowest BCUT2D eigenvalue weighted by Crippen LogP contribution is -2.10. The van der Waals surface area contributed by atoms with Crippen LogP contribution < -0.4 is 15.7 Å². The highest BCUT2D eigenvalue weighted by Crippen LogP contribution is 2.14. The molecule has 19 heavy (non-hydrogen) atoms. The Kier molecular flexibility index (Phi) is 4.15. The minimum absolute atomic E-state index is 0.0156. The van der Waals surface area contributed by atoms with E-state index in [0.29, 0.717) is 5.69 Å². The summed E-state index contributed by atoms with van der Waals surface area (Å²) in [6, 6.07) is 7.34. The maximum absolute atomic E-state index is 11.2. The lowest BCUT2D eigenvalue weighted by atomic mass is 10.2. The van der Waals surface area contributed by atoms with Crippen LogP contribution in [0, 0.1) is 0 Å². The molecule has 98 valence electrons. The average Bonchev–Trinajstić information content (AvgIpc) is 2.44. The predicted molar refractivity (Wildman–Crippen MR) is 74.1 cm³/mol. The van der Waals surface area contributed by atoms with Gasteiger partial charge < -0.3 is 4.74 Å². The summed E-state index contributed by atoms with van der Waals surface area (Å²) in [6.45, 7) is 0. The van der Waals surface area contributed by atoms with Crippen molar-refractivity contribution >= 4 is 23.5 Å². The molecule has 0 atom stereocenters. The van der Waals surface area contributed by atoms with Crippen molar-refractivity contribution in [3.8, 4) is 5.75 Å². The zero-order valence-corrected chi connectivity index (χ0v) is 10.8. The number of H-pyrrole nitrogens is 1. The summed E-state index contributed by atoms with van der Waals surface area (Å²) < 4.78 is 5.05.